The van der Waals surface area contributed by atoms with Crippen molar-refractivity contribution in [3.8, 4) is 11.5 Å². The van der Waals surface area contributed by atoms with Crippen LogP contribution in [0.15, 0.2) is 82.6 Å². The van der Waals surface area contributed by atoms with E-state index in [9.17, 15) is 9.59 Å². The minimum Gasteiger partial charge on any atom is -0.486 e. The first-order valence-corrected chi connectivity index (χ1v) is 10.6. The smallest absolute Gasteiger partial charge is 0.224 e. The van der Waals surface area contributed by atoms with Crippen LogP contribution in [0.5, 0.6) is 11.5 Å². The molecule has 0 bridgehead atoms. The summed E-state index contributed by atoms with van der Waals surface area (Å²) in [6, 6.07) is 22.6. The number of nitrogens with one attached hydrogen (secondary N) is 1. The van der Waals surface area contributed by atoms with Crippen molar-refractivity contribution < 1.29 is 19.1 Å². The third-order valence-corrected chi connectivity index (χ3v) is 5.63. The second-order valence-electron chi connectivity index (χ2n) is 6.74. The number of benzene rings is 3. The van der Waals surface area contributed by atoms with Gasteiger partial charge in [-0.05, 0) is 12.1 Å². The Kier molecular flexibility index (Phi) is 6.35. The van der Waals surface area contributed by atoms with E-state index < -0.39 is 0 Å². The fourth-order valence-electron chi connectivity index (χ4n) is 3.08. The molecular weight excluding hydrogens is 398 g/mol. The van der Waals surface area contributed by atoms with E-state index in [-0.39, 0.29) is 24.5 Å². The van der Waals surface area contributed by atoms with Gasteiger partial charge in [0.2, 0.25) is 5.91 Å². The van der Waals surface area contributed by atoms with Crippen molar-refractivity contribution in [2.45, 2.75) is 22.6 Å². The van der Waals surface area contributed by atoms with Gasteiger partial charge in [-0.15, -0.1) is 0 Å². The molecule has 0 fully saturated rings. The van der Waals surface area contributed by atoms with Crippen LogP contribution in [0, 0.1) is 0 Å². The quantitative estimate of drug-likeness (QED) is 0.533. The van der Waals surface area contributed by atoms with Gasteiger partial charge in [-0.2, -0.15) is 0 Å². The SMILES string of the molecule is O=C(CCC(=O)c1ccccc1)Nc1cc2c(cc1Sc1ccccc1)OCCO2. The van der Waals surface area contributed by atoms with Crippen molar-refractivity contribution in [3.05, 3.63) is 78.4 Å². The molecule has 0 atom stereocenters. The van der Waals surface area contributed by atoms with Gasteiger partial charge in [-0.3, -0.25) is 9.59 Å². The van der Waals surface area contributed by atoms with Gasteiger partial charge in [0.1, 0.15) is 13.2 Å². The number of Topliss-reactive ketones (excluding diaryl/α,β-unsaturated/α-hetero) is 1. The predicted molar refractivity (Wildman–Crippen MR) is 117 cm³/mol. The third kappa shape index (κ3) is 5.02. The zero-order valence-electron chi connectivity index (χ0n) is 16.3. The minimum absolute atomic E-state index is 0.0493. The van der Waals surface area contributed by atoms with Crippen molar-refractivity contribution in [1.29, 1.82) is 0 Å². The normalized spacial score (nSPS) is 12.3. The fraction of sp³-hybridized carbons (Fsp3) is 0.167. The highest BCUT2D eigenvalue weighted by atomic mass is 32.2. The Bertz CT molecular complexity index is 1040. The Labute approximate surface area is 179 Å². The molecule has 1 heterocycles. The summed E-state index contributed by atoms with van der Waals surface area (Å²) in [5, 5.41) is 2.94. The van der Waals surface area contributed by atoms with Crippen molar-refractivity contribution in [2.24, 2.45) is 0 Å². The lowest BCUT2D eigenvalue weighted by Crippen LogP contribution is -2.17. The van der Waals surface area contributed by atoms with Crippen LogP contribution in [0.2, 0.25) is 0 Å². The summed E-state index contributed by atoms with van der Waals surface area (Å²) in [6.07, 6.45) is 0.263. The van der Waals surface area contributed by atoms with Crippen LogP contribution in [0.25, 0.3) is 0 Å². The molecule has 0 radical (unpaired) electrons. The van der Waals surface area contributed by atoms with E-state index in [4.69, 9.17) is 9.47 Å². The Hall–Kier alpha value is -3.25. The van der Waals surface area contributed by atoms with Gasteiger partial charge >= 0.3 is 0 Å². The molecule has 30 heavy (non-hydrogen) atoms. The molecule has 0 saturated carbocycles. The summed E-state index contributed by atoms with van der Waals surface area (Å²) in [5.74, 6) is 1.00. The number of rotatable bonds is 7. The van der Waals surface area contributed by atoms with Crippen LogP contribution in [0.3, 0.4) is 0 Å². The summed E-state index contributed by atoms with van der Waals surface area (Å²) in [5.41, 5.74) is 1.26. The number of anilines is 1. The van der Waals surface area contributed by atoms with E-state index in [2.05, 4.69) is 5.32 Å². The highest BCUT2D eigenvalue weighted by Crippen LogP contribution is 2.42. The van der Waals surface area contributed by atoms with Crippen LogP contribution in [0.4, 0.5) is 5.69 Å². The first-order chi connectivity index (χ1) is 14.7. The molecule has 0 saturated heterocycles. The molecule has 0 unspecified atom stereocenters. The maximum atomic E-state index is 12.6. The van der Waals surface area contributed by atoms with Crippen molar-refractivity contribution in [2.75, 3.05) is 18.5 Å². The average molecular weight is 420 g/mol. The maximum absolute atomic E-state index is 12.6. The van der Waals surface area contributed by atoms with E-state index in [1.54, 1.807) is 18.2 Å². The lowest BCUT2D eigenvalue weighted by Gasteiger charge is -2.21. The second-order valence-corrected chi connectivity index (χ2v) is 7.86. The molecule has 0 aliphatic carbocycles. The highest BCUT2D eigenvalue weighted by Gasteiger charge is 2.18. The number of hydrogen-bond acceptors (Lipinski definition) is 5. The van der Waals surface area contributed by atoms with E-state index in [1.165, 1.54) is 11.8 Å². The number of fused-ring (bicyclic) bond motifs is 1. The Balaban J connectivity index is 1.49. The molecule has 5 nitrogen and oxygen atoms in total. The van der Waals surface area contributed by atoms with E-state index >= 15 is 0 Å². The molecule has 152 valence electrons. The molecule has 1 amide bonds. The summed E-state index contributed by atoms with van der Waals surface area (Å²) in [7, 11) is 0. The average Bonchev–Trinajstić information content (AvgIpc) is 2.79. The van der Waals surface area contributed by atoms with Crippen molar-refractivity contribution in [3.63, 3.8) is 0 Å². The van der Waals surface area contributed by atoms with Gasteiger partial charge in [-0.1, -0.05) is 60.3 Å². The van der Waals surface area contributed by atoms with Gasteiger partial charge in [0.05, 0.1) is 5.69 Å². The van der Waals surface area contributed by atoms with Crippen LogP contribution < -0.4 is 14.8 Å². The zero-order chi connectivity index (χ0) is 20.8. The minimum atomic E-state index is -0.217. The van der Waals surface area contributed by atoms with Gasteiger partial charge < -0.3 is 14.8 Å². The first-order valence-electron chi connectivity index (χ1n) is 9.74. The van der Waals surface area contributed by atoms with E-state index in [1.807, 2.05) is 54.6 Å². The number of carbonyl (C=O) groups excluding carboxylic acids is 2. The summed E-state index contributed by atoms with van der Waals surface area (Å²) in [6.45, 7) is 0.965. The first kappa shape index (κ1) is 20.0. The van der Waals surface area contributed by atoms with Crippen molar-refractivity contribution >= 4 is 29.1 Å². The molecule has 1 aliphatic rings. The van der Waals surface area contributed by atoms with Gasteiger partial charge in [0.15, 0.2) is 17.3 Å². The number of hydrogen-bond donors (Lipinski definition) is 1. The molecule has 6 heteroatoms. The number of ether oxygens (including phenoxy) is 2. The summed E-state index contributed by atoms with van der Waals surface area (Å²) >= 11 is 1.53. The van der Waals surface area contributed by atoms with Crippen LogP contribution >= 0.6 is 11.8 Å². The van der Waals surface area contributed by atoms with Crippen LogP contribution in [0.1, 0.15) is 23.2 Å². The largest absolute Gasteiger partial charge is 0.486 e. The number of carbonyl (C=O) groups is 2. The highest BCUT2D eigenvalue weighted by molar-refractivity contribution is 7.99. The molecule has 1 aliphatic heterocycles. The van der Waals surface area contributed by atoms with Gasteiger partial charge in [-0.25, -0.2) is 0 Å². The molecule has 1 N–H and O–H groups in total. The fourth-order valence-corrected chi connectivity index (χ4v) is 4.01. The standard InChI is InChI=1S/C24H21NO4S/c26-20(17-7-3-1-4-8-17)11-12-24(27)25-19-15-21-22(29-14-13-28-21)16-23(19)30-18-9-5-2-6-10-18/h1-10,15-16H,11-14H2,(H,25,27). The summed E-state index contributed by atoms with van der Waals surface area (Å²) < 4.78 is 11.4. The topological polar surface area (TPSA) is 64.6 Å². The molecular formula is C24H21NO4S. The van der Waals surface area contributed by atoms with Crippen LogP contribution in [-0.4, -0.2) is 24.9 Å². The third-order valence-electron chi connectivity index (χ3n) is 4.56. The Morgan fingerprint density at radius 1 is 0.833 bits per heavy atom. The molecule has 3 aromatic carbocycles. The number of ketones is 1. The lowest BCUT2D eigenvalue weighted by atomic mass is 10.1. The van der Waals surface area contributed by atoms with Crippen LogP contribution in [-0.2, 0) is 4.79 Å². The zero-order valence-corrected chi connectivity index (χ0v) is 17.1. The van der Waals surface area contributed by atoms with Gasteiger partial charge in [0.25, 0.3) is 0 Å². The lowest BCUT2D eigenvalue weighted by molar-refractivity contribution is -0.116. The molecule has 4 rings (SSSR count). The van der Waals surface area contributed by atoms with E-state index in [0.29, 0.717) is 36.0 Å². The predicted octanol–water partition coefficient (Wildman–Crippen LogP) is 5.21. The molecule has 0 spiro atoms. The Morgan fingerprint density at radius 2 is 1.47 bits per heavy atom. The van der Waals surface area contributed by atoms with Gasteiger partial charge in [0, 0.05) is 40.3 Å². The van der Waals surface area contributed by atoms with E-state index in [0.717, 1.165) is 9.79 Å². The molecule has 3 aromatic rings. The number of amides is 1. The van der Waals surface area contributed by atoms with Crippen molar-refractivity contribution in [1.82, 2.24) is 0 Å². The summed E-state index contributed by atoms with van der Waals surface area (Å²) in [4.78, 5) is 26.8. The maximum Gasteiger partial charge on any atom is 0.224 e. The molecule has 0 aromatic heterocycles. The second kappa shape index (κ2) is 9.50. The monoisotopic (exact) mass is 419 g/mol. The Morgan fingerprint density at radius 3 is 2.17 bits per heavy atom.